The van der Waals surface area contributed by atoms with Gasteiger partial charge in [-0.1, -0.05) is 47.0 Å². The van der Waals surface area contributed by atoms with Crippen LogP contribution in [0.25, 0.3) is 0 Å². The molecule has 3 nitrogen and oxygen atoms in total. The fraction of sp³-hybridized carbons (Fsp3) is 0.938. The van der Waals surface area contributed by atoms with Crippen molar-refractivity contribution >= 4 is 5.91 Å². The van der Waals surface area contributed by atoms with Crippen LogP contribution in [0.3, 0.4) is 0 Å². The Morgan fingerprint density at radius 2 is 2.16 bits per heavy atom. The van der Waals surface area contributed by atoms with Crippen molar-refractivity contribution in [1.29, 1.82) is 0 Å². The highest BCUT2D eigenvalue weighted by Crippen LogP contribution is 2.30. The van der Waals surface area contributed by atoms with Gasteiger partial charge in [-0.2, -0.15) is 0 Å². The maximum absolute atomic E-state index is 12.3. The van der Waals surface area contributed by atoms with Gasteiger partial charge in [0.2, 0.25) is 5.91 Å². The Morgan fingerprint density at radius 1 is 1.42 bits per heavy atom. The van der Waals surface area contributed by atoms with Crippen molar-refractivity contribution in [3.8, 4) is 0 Å². The first kappa shape index (κ1) is 16.5. The monoisotopic (exact) mass is 268 g/mol. The summed E-state index contributed by atoms with van der Waals surface area (Å²) in [7, 11) is 0. The zero-order valence-electron chi connectivity index (χ0n) is 13.2. The molecule has 1 saturated heterocycles. The maximum atomic E-state index is 12.3. The summed E-state index contributed by atoms with van der Waals surface area (Å²) in [5.41, 5.74) is 0.0768. The number of unbranched alkanes of at least 4 members (excludes halogenated alkanes) is 1. The summed E-state index contributed by atoms with van der Waals surface area (Å²) in [6, 6.07) is -0.0232. The smallest absolute Gasteiger partial charge is 0.237 e. The van der Waals surface area contributed by atoms with Gasteiger partial charge in [0, 0.05) is 6.54 Å². The molecule has 1 heterocycles. The molecule has 0 aromatic carbocycles. The second-order valence-electron chi connectivity index (χ2n) is 6.64. The van der Waals surface area contributed by atoms with Crippen LogP contribution in [-0.2, 0) is 4.79 Å². The number of rotatable bonds is 7. The standard InChI is InChI=1S/C16H32N2O/c1-5-7-9-13(6-2)12-18-15(19)14-16(3,4)10-8-11-17-14/h13-14,17H,5-12H2,1-4H3,(H,18,19). The summed E-state index contributed by atoms with van der Waals surface area (Å²) in [6.07, 6.45) is 7.19. The lowest BCUT2D eigenvalue weighted by atomic mass is 9.77. The third kappa shape index (κ3) is 5.13. The SMILES string of the molecule is CCCCC(CC)CNC(=O)C1NCCCC1(C)C. The topological polar surface area (TPSA) is 41.1 Å². The van der Waals surface area contributed by atoms with E-state index in [4.69, 9.17) is 0 Å². The molecule has 0 saturated carbocycles. The highest BCUT2D eigenvalue weighted by atomic mass is 16.2. The van der Waals surface area contributed by atoms with Crippen LogP contribution >= 0.6 is 0 Å². The van der Waals surface area contributed by atoms with Gasteiger partial charge in [-0.05, 0) is 37.1 Å². The quantitative estimate of drug-likeness (QED) is 0.745. The van der Waals surface area contributed by atoms with Gasteiger partial charge < -0.3 is 10.6 Å². The van der Waals surface area contributed by atoms with Crippen LogP contribution in [0.1, 0.15) is 66.2 Å². The van der Waals surface area contributed by atoms with Crippen molar-refractivity contribution in [2.75, 3.05) is 13.1 Å². The molecule has 0 aromatic rings. The van der Waals surface area contributed by atoms with Gasteiger partial charge in [0.25, 0.3) is 0 Å². The van der Waals surface area contributed by atoms with Crippen molar-refractivity contribution in [3.63, 3.8) is 0 Å². The first-order valence-electron chi connectivity index (χ1n) is 8.02. The van der Waals surface area contributed by atoms with E-state index in [2.05, 4.69) is 38.3 Å². The summed E-state index contributed by atoms with van der Waals surface area (Å²) in [5.74, 6) is 0.829. The van der Waals surface area contributed by atoms with Gasteiger partial charge in [0.15, 0.2) is 0 Å². The van der Waals surface area contributed by atoms with Crippen LogP contribution in [0, 0.1) is 11.3 Å². The van der Waals surface area contributed by atoms with Crippen molar-refractivity contribution in [3.05, 3.63) is 0 Å². The molecule has 0 aromatic heterocycles. The Labute approximate surface area is 118 Å². The first-order chi connectivity index (χ1) is 9.01. The number of carbonyl (C=O) groups excluding carboxylic acids is 1. The third-order valence-corrected chi connectivity index (χ3v) is 4.50. The Morgan fingerprint density at radius 3 is 2.74 bits per heavy atom. The number of hydrogen-bond donors (Lipinski definition) is 2. The molecule has 2 N–H and O–H groups in total. The van der Waals surface area contributed by atoms with Gasteiger partial charge in [-0.25, -0.2) is 0 Å². The van der Waals surface area contributed by atoms with E-state index >= 15 is 0 Å². The summed E-state index contributed by atoms with van der Waals surface area (Å²) >= 11 is 0. The van der Waals surface area contributed by atoms with Crippen LogP contribution in [0.5, 0.6) is 0 Å². The average Bonchev–Trinajstić information content (AvgIpc) is 2.38. The van der Waals surface area contributed by atoms with E-state index in [9.17, 15) is 4.79 Å². The van der Waals surface area contributed by atoms with Crippen LogP contribution in [-0.4, -0.2) is 25.0 Å². The summed E-state index contributed by atoms with van der Waals surface area (Å²) in [4.78, 5) is 12.3. The normalized spacial score (nSPS) is 23.9. The van der Waals surface area contributed by atoms with Crippen molar-refractivity contribution in [2.24, 2.45) is 11.3 Å². The second kappa shape index (κ2) is 7.88. The fourth-order valence-electron chi connectivity index (χ4n) is 2.95. The Kier molecular flexibility index (Phi) is 6.84. The minimum absolute atomic E-state index is 0.0232. The molecule has 1 aliphatic rings. The van der Waals surface area contributed by atoms with Crippen LogP contribution < -0.4 is 10.6 Å². The van der Waals surface area contributed by atoms with Crippen molar-refractivity contribution in [1.82, 2.24) is 10.6 Å². The number of hydrogen-bond acceptors (Lipinski definition) is 2. The van der Waals surface area contributed by atoms with Crippen LogP contribution in [0.15, 0.2) is 0 Å². The van der Waals surface area contributed by atoms with E-state index in [1.807, 2.05) is 0 Å². The van der Waals surface area contributed by atoms with Crippen LogP contribution in [0.2, 0.25) is 0 Å². The van der Waals surface area contributed by atoms with E-state index in [-0.39, 0.29) is 17.4 Å². The summed E-state index contributed by atoms with van der Waals surface area (Å²) < 4.78 is 0. The number of carbonyl (C=O) groups is 1. The molecular weight excluding hydrogens is 236 g/mol. The van der Waals surface area contributed by atoms with E-state index in [1.165, 1.54) is 25.7 Å². The molecule has 1 aliphatic heterocycles. The molecule has 1 rings (SSSR count). The Balaban J connectivity index is 2.40. The third-order valence-electron chi connectivity index (χ3n) is 4.50. The summed E-state index contributed by atoms with van der Waals surface area (Å²) in [6.45, 7) is 10.6. The van der Waals surface area contributed by atoms with Crippen molar-refractivity contribution < 1.29 is 4.79 Å². The van der Waals surface area contributed by atoms with E-state index < -0.39 is 0 Å². The van der Waals surface area contributed by atoms with Gasteiger partial charge in [-0.15, -0.1) is 0 Å². The van der Waals surface area contributed by atoms with E-state index in [1.54, 1.807) is 0 Å². The number of amides is 1. The predicted molar refractivity (Wildman–Crippen MR) is 81.1 cm³/mol. The van der Waals surface area contributed by atoms with Crippen LogP contribution in [0.4, 0.5) is 0 Å². The molecule has 1 fully saturated rings. The summed E-state index contributed by atoms with van der Waals surface area (Å²) in [5, 5.41) is 6.55. The average molecular weight is 268 g/mol. The fourth-order valence-corrected chi connectivity index (χ4v) is 2.95. The molecule has 3 heteroatoms. The Bertz CT molecular complexity index is 276. The lowest BCUT2D eigenvalue weighted by Crippen LogP contribution is -2.56. The molecule has 0 bridgehead atoms. The highest BCUT2D eigenvalue weighted by Gasteiger charge is 2.36. The minimum Gasteiger partial charge on any atom is -0.354 e. The largest absolute Gasteiger partial charge is 0.354 e. The molecule has 0 radical (unpaired) electrons. The molecular formula is C16H32N2O. The van der Waals surface area contributed by atoms with Gasteiger partial charge >= 0.3 is 0 Å². The van der Waals surface area contributed by atoms with Crippen molar-refractivity contribution in [2.45, 2.75) is 72.3 Å². The van der Waals surface area contributed by atoms with Gasteiger partial charge in [-0.3, -0.25) is 4.79 Å². The highest BCUT2D eigenvalue weighted by molar-refractivity contribution is 5.82. The van der Waals surface area contributed by atoms with Gasteiger partial charge in [0.05, 0.1) is 6.04 Å². The first-order valence-corrected chi connectivity index (χ1v) is 8.02. The molecule has 0 spiro atoms. The van der Waals surface area contributed by atoms with E-state index in [0.717, 1.165) is 25.9 Å². The van der Waals surface area contributed by atoms with E-state index in [0.29, 0.717) is 5.92 Å². The lowest BCUT2D eigenvalue weighted by Gasteiger charge is -2.38. The van der Waals surface area contributed by atoms with Gasteiger partial charge in [0.1, 0.15) is 0 Å². The Hall–Kier alpha value is -0.570. The molecule has 1 amide bonds. The number of nitrogens with one attached hydrogen (secondary N) is 2. The zero-order chi connectivity index (χ0) is 14.3. The molecule has 2 atom stereocenters. The second-order valence-corrected chi connectivity index (χ2v) is 6.64. The predicted octanol–water partition coefficient (Wildman–Crippen LogP) is 3.10. The molecule has 19 heavy (non-hydrogen) atoms. The molecule has 0 aliphatic carbocycles. The minimum atomic E-state index is -0.0232. The zero-order valence-corrected chi connectivity index (χ0v) is 13.2. The number of piperidine rings is 1. The molecule has 112 valence electrons. The lowest BCUT2D eigenvalue weighted by molar-refractivity contribution is -0.127. The molecule has 2 unspecified atom stereocenters. The maximum Gasteiger partial charge on any atom is 0.237 e.